The van der Waals surface area contributed by atoms with Gasteiger partial charge in [-0.3, -0.25) is 0 Å². The van der Waals surface area contributed by atoms with Crippen LogP contribution in [0.5, 0.6) is 23.0 Å². The van der Waals surface area contributed by atoms with E-state index in [0.29, 0.717) is 42.6 Å². The van der Waals surface area contributed by atoms with Gasteiger partial charge in [-0.05, 0) is 70.3 Å². The molecule has 0 fully saturated rings. The number of fused-ring (bicyclic) bond motifs is 1. The van der Waals surface area contributed by atoms with Crippen LogP contribution < -0.4 is 18.9 Å². The minimum atomic E-state index is -0.128. The van der Waals surface area contributed by atoms with E-state index >= 15 is 0 Å². The van der Waals surface area contributed by atoms with Crippen molar-refractivity contribution >= 4 is 0 Å². The summed E-state index contributed by atoms with van der Waals surface area (Å²) in [5.74, 6) is 2.28. The molecule has 0 saturated carbocycles. The van der Waals surface area contributed by atoms with Crippen molar-refractivity contribution in [3.8, 4) is 23.0 Å². The number of ether oxygens (including phenoxy) is 4. The minimum absolute atomic E-state index is 0.0253. The molecule has 40 heavy (non-hydrogen) atoms. The van der Waals surface area contributed by atoms with E-state index in [9.17, 15) is 10.2 Å². The van der Waals surface area contributed by atoms with E-state index in [1.807, 2.05) is 91.0 Å². The highest BCUT2D eigenvalue weighted by atomic mass is 16.5. The third kappa shape index (κ3) is 5.79. The van der Waals surface area contributed by atoms with Gasteiger partial charge in [0.15, 0.2) is 23.0 Å². The fourth-order valence-electron chi connectivity index (χ4n) is 5.78. The van der Waals surface area contributed by atoms with Crippen LogP contribution in [-0.2, 0) is 13.2 Å². The lowest BCUT2D eigenvalue weighted by molar-refractivity contribution is 0.181. The van der Waals surface area contributed by atoms with Gasteiger partial charge in [-0.15, -0.1) is 0 Å². The summed E-state index contributed by atoms with van der Waals surface area (Å²) in [6.07, 6.45) is 0.539. The maximum absolute atomic E-state index is 10.6. The normalized spacial score (nSPS) is 17.8. The Morgan fingerprint density at radius 1 is 0.625 bits per heavy atom. The summed E-state index contributed by atoms with van der Waals surface area (Å²) >= 11 is 0. The Kier molecular flexibility index (Phi) is 8.89. The SMILES string of the molecule is COc1cc([C@@H]2c3cc(OCc4ccccc4)c(OC)cc3[C@@H](CCO)[C@H]2CO)ccc1OCc1ccccc1. The third-order valence-electron chi connectivity index (χ3n) is 7.72. The van der Waals surface area contributed by atoms with Crippen molar-refractivity contribution in [2.75, 3.05) is 27.4 Å². The molecular formula is C34H36O6. The highest BCUT2D eigenvalue weighted by Gasteiger charge is 2.42. The third-order valence-corrected chi connectivity index (χ3v) is 7.72. The molecule has 0 radical (unpaired) electrons. The number of aliphatic hydroxyl groups is 2. The van der Waals surface area contributed by atoms with Gasteiger partial charge in [0, 0.05) is 19.1 Å². The van der Waals surface area contributed by atoms with Crippen molar-refractivity contribution in [3.63, 3.8) is 0 Å². The predicted molar refractivity (Wildman–Crippen MR) is 154 cm³/mol. The quantitative estimate of drug-likeness (QED) is 0.227. The Labute approximate surface area is 235 Å². The molecule has 6 heteroatoms. The highest BCUT2D eigenvalue weighted by Crippen LogP contribution is 2.54. The second kappa shape index (κ2) is 12.9. The molecule has 0 heterocycles. The van der Waals surface area contributed by atoms with E-state index in [2.05, 4.69) is 0 Å². The molecule has 6 nitrogen and oxygen atoms in total. The molecule has 3 atom stereocenters. The average Bonchev–Trinajstić information content (AvgIpc) is 3.31. The molecule has 0 unspecified atom stereocenters. The van der Waals surface area contributed by atoms with Gasteiger partial charge in [-0.1, -0.05) is 66.7 Å². The first-order valence-electron chi connectivity index (χ1n) is 13.6. The van der Waals surface area contributed by atoms with E-state index in [4.69, 9.17) is 18.9 Å². The molecule has 4 aromatic rings. The van der Waals surface area contributed by atoms with Crippen LogP contribution in [0.1, 0.15) is 46.1 Å². The van der Waals surface area contributed by atoms with E-state index in [-0.39, 0.29) is 31.0 Å². The van der Waals surface area contributed by atoms with Crippen molar-refractivity contribution in [1.29, 1.82) is 0 Å². The zero-order valence-electron chi connectivity index (χ0n) is 23.0. The number of methoxy groups -OCH3 is 2. The molecule has 208 valence electrons. The number of aliphatic hydroxyl groups excluding tert-OH is 2. The summed E-state index contributed by atoms with van der Waals surface area (Å²) in [5, 5.41) is 20.5. The Morgan fingerprint density at radius 3 is 1.77 bits per heavy atom. The van der Waals surface area contributed by atoms with Crippen molar-refractivity contribution in [3.05, 3.63) is 119 Å². The number of hydrogen-bond donors (Lipinski definition) is 2. The molecule has 5 rings (SSSR count). The largest absolute Gasteiger partial charge is 0.493 e. The lowest BCUT2D eigenvalue weighted by Gasteiger charge is -2.24. The summed E-state index contributed by atoms with van der Waals surface area (Å²) in [4.78, 5) is 0. The molecule has 1 aliphatic rings. The summed E-state index contributed by atoms with van der Waals surface area (Å²) in [7, 11) is 3.27. The fourth-order valence-corrected chi connectivity index (χ4v) is 5.78. The van der Waals surface area contributed by atoms with E-state index in [1.54, 1.807) is 14.2 Å². The number of rotatable bonds is 12. The topological polar surface area (TPSA) is 77.4 Å². The smallest absolute Gasteiger partial charge is 0.161 e. The fraction of sp³-hybridized carbons (Fsp3) is 0.294. The van der Waals surface area contributed by atoms with Crippen LogP contribution in [0.2, 0.25) is 0 Å². The van der Waals surface area contributed by atoms with Gasteiger partial charge in [0.2, 0.25) is 0 Å². The van der Waals surface area contributed by atoms with Crippen LogP contribution in [0.15, 0.2) is 91.0 Å². The number of benzene rings is 4. The molecule has 1 aliphatic carbocycles. The van der Waals surface area contributed by atoms with Crippen LogP contribution in [0.4, 0.5) is 0 Å². The first kappa shape index (κ1) is 27.6. The van der Waals surface area contributed by atoms with Gasteiger partial charge in [-0.25, -0.2) is 0 Å². The van der Waals surface area contributed by atoms with Crippen molar-refractivity contribution < 1.29 is 29.2 Å². The molecule has 0 spiro atoms. The van der Waals surface area contributed by atoms with Crippen molar-refractivity contribution in [2.45, 2.75) is 31.5 Å². The monoisotopic (exact) mass is 540 g/mol. The lowest BCUT2D eigenvalue weighted by Crippen LogP contribution is -2.18. The molecule has 2 N–H and O–H groups in total. The molecule has 0 aliphatic heterocycles. The molecule has 0 amide bonds. The van der Waals surface area contributed by atoms with Crippen LogP contribution >= 0.6 is 0 Å². The average molecular weight is 541 g/mol. The van der Waals surface area contributed by atoms with E-state index in [1.165, 1.54) is 0 Å². The zero-order valence-corrected chi connectivity index (χ0v) is 23.0. The van der Waals surface area contributed by atoms with Crippen LogP contribution in [-0.4, -0.2) is 37.6 Å². The van der Waals surface area contributed by atoms with Crippen molar-refractivity contribution in [1.82, 2.24) is 0 Å². The maximum atomic E-state index is 10.6. The molecule has 4 aromatic carbocycles. The number of hydrogen-bond acceptors (Lipinski definition) is 6. The molecular weight excluding hydrogens is 504 g/mol. The van der Waals surface area contributed by atoms with Crippen LogP contribution in [0.3, 0.4) is 0 Å². The first-order valence-corrected chi connectivity index (χ1v) is 13.6. The maximum Gasteiger partial charge on any atom is 0.161 e. The van der Waals surface area contributed by atoms with Gasteiger partial charge >= 0.3 is 0 Å². The second-order valence-corrected chi connectivity index (χ2v) is 10.0. The minimum Gasteiger partial charge on any atom is -0.493 e. The summed E-state index contributed by atoms with van der Waals surface area (Å²) < 4.78 is 23.8. The molecule has 0 aromatic heterocycles. The van der Waals surface area contributed by atoms with Gasteiger partial charge < -0.3 is 29.2 Å². The van der Waals surface area contributed by atoms with E-state index in [0.717, 1.165) is 27.8 Å². The standard InChI is InChI=1S/C34H36O6/c1-37-31-17-25(13-14-30(31)39-21-23-9-5-3-6-10-23)34-28-19-33(40-22-24-11-7-4-8-12-24)32(38-2)18-27(28)26(15-16-35)29(34)20-36/h3-14,17-19,26,29,34-36H,15-16,20-22H2,1-2H3/t26-,29-,34-/m1/s1. The summed E-state index contributed by atoms with van der Waals surface area (Å²) in [6.45, 7) is 0.840. The Balaban J connectivity index is 1.50. The lowest BCUT2D eigenvalue weighted by atomic mass is 9.82. The van der Waals surface area contributed by atoms with Gasteiger partial charge in [0.1, 0.15) is 13.2 Å². The Hall–Kier alpha value is -4.00. The van der Waals surface area contributed by atoms with Gasteiger partial charge in [0.25, 0.3) is 0 Å². The van der Waals surface area contributed by atoms with Crippen LogP contribution in [0, 0.1) is 5.92 Å². The van der Waals surface area contributed by atoms with Crippen molar-refractivity contribution in [2.24, 2.45) is 5.92 Å². The Bertz CT molecular complexity index is 1390. The molecule has 0 saturated heterocycles. The summed E-state index contributed by atoms with van der Waals surface area (Å²) in [5.41, 5.74) is 5.25. The van der Waals surface area contributed by atoms with E-state index < -0.39 is 0 Å². The first-order chi connectivity index (χ1) is 19.7. The van der Waals surface area contributed by atoms with Gasteiger partial charge in [0.05, 0.1) is 14.2 Å². The van der Waals surface area contributed by atoms with Gasteiger partial charge in [-0.2, -0.15) is 0 Å². The Morgan fingerprint density at radius 2 is 1.20 bits per heavy atom. The highest BCUT2D eigenvalue weighted by molar-refractivity contribution is 5.57. The zero-order chi connectivity index (χ0) is 27.9. The van der Waals surface area contributed by atoms with Crippen LogP contribution in [0.25, 0.3) is 0 Å². The predicted octanol–water partition coefficient (Wildman–Crippen LogP) is 6.08. The second-order valence-electron chi connectivity index (χ2n) is 10.0. The molecule has 0 bridgehead atoms. The summed E-state index contributed by atoms with van der Waals surface area (Å²) in [6, 6.07) is 30.0.